The molecule has 0 bridgehead atoms. The van der Waals surface area contributed by atoms with Gasteiger partial charge in [-0.05, 0) is 58.0 Å². The van der Waals surface area contributed by atoms with E-state index in [0.717, 1.165) is 0 Å². The van der Waals surface area contributed by atoms with E-state index >= 15 is 0 Å². The number of nitrogens with one attached hydrogen (secondary N) is 1. The number of carbonyl (C=O) groups excluding carboxylic acids is 3. The molecule has 0 spiro atoms. The van der Waals surface area contributed by atoms with Crippen molar-refractivity contribution in [2.75, 3.05) is 18.5 Å². The number of rotatable bonds is 9. The van der Waals surface area contributed by atoms with E-state index in [2.05, 4.69) is 5.32 Å². The van der Waals surface area contributed by atoms with Crippen molar-refractivity contribution < 1.29 is 28.6 Å². The molecule has 1 amide bonds. The smallest absolute Gasteiger partial charge is 0.339 e. The fourth-order valence-corrected chi connectivity index (χ4v) is 2.52. The van der Waals surface area contributed by atoms with E-state index in [1.165, 1.54) is 19.9 Å². The summed E-state index contributed by atoms with van der Waals surface area (Å²) in [5, 5.41) is 2.64. The van der Waals surface area contributed by atoms with Gasteiger partial charge in [-0.3, -0.25) is 9.59 Å². The highest BCUT2D eigenvalue weighted by Gasteiger charge is 2.20. The van der Waals surface area contributed by atoms with Crippen molar-refractivity contribution in [1.29, 1.82) is 0 Å². The van der Waals surface area contributed by atoms with Crippen LogP contribution in [0.3, 0.4) is 0 Å². The fraction of sp³-hybridized carbons (Fsp3) is 0.318. The summed E-state index contributed by atoms with van der Waals surface area (Å²) in [6.45, 7) is 7.47. The van der Waals surface area contributed by atoms with Gasteiger partial charge in [0.2, 0.25) is 0 Å². The first kappa shape index (κ1) is 21.9. The van der Waals surface area contributed by atoms with Gasteiger partial charge in [0, 0.05) is 11.3 Å². The molecule has 7 nitrogen and oxygen atoms in total. The summed E-state index contributed by atoms with van der Waals surface area (Å²) in [4.78, 5) is 36.2. The van der Waals surface area contributed by atoms with Gasteiger partial charge in [-0.15, -0.1) is 0 Å². The molecule has 1 unspecified atom stereocenters. The molecule has 1 atom stereocenters. The van der Waals surface area contributed by atoms with E-state index in [1.807, 2.05) is 13.8 Å². The Hall–Kier alpha value is -3.35. The molecular weight excluding hydrogens is 374 g/mol. The Kier molecular flexibility index (Phi) is 7.77. The molecule has 0 saturated heterocycles. The van der Waals surface area contributed by atoms with E-state index in [4.69, 9.17) is 14.2 Å². The third-order valence-corrected chi connectivity index (χ3v) is 3.97. The zero-order valence-corrected chi connectivity index (χ0v) is 17.0. The third-order valence-electron chi connectivity index (χ3n) is 3.97. The average molecular weight is 399 g/mol. The summed E-state index contributed by atoms with van der Waals surface area (Å²) in [7, 11) is 0. The van der Waals surface area contributed by atoms with Gasteiger partial charge in [-0.1, -0.05) is 12.1 Å². The molecule has 2 aromatic rings. The molecule has 7 heteroatoms. The van der Waals surface area contributed by atoms with Crippen LogP contribution in [0.15, 0.2) is 42.5 Å². The summed E-state index contributed by atoms with van der Waals surface area (Å²) in [6.07, 6.45) is -1.04. The SMILES string of the molecule is CCOc1ccc(C(=O)OC(C)C(=O)Nc2cccc(C(C)=O)c2)cc1OCC. The van der Waals surface area contributed by atoms with Crippen molar-refractivity contribution >= 4 is 23.3 Å². The van der Waals surface area contributed by atoms with Crippen LogP contribution in [0.1, 0.15) is 48.4 Å². The summed E-state index contributed by atoms with van der Waals surface area (Å²) in [5.41, 5.74) is 1.17. The molecule has 0 aliphatic rings. The molecule has 0 saturated carbocycles. The van der Waals surface area contributed by atoms with Crippen LogP contribution in [0.5, 0.6) is 11.5 Å². The lowest BCUT2D eigenvalue weighted by molar-refractivity contribution is -0.123. The van der Waals surface area contributed by atoms with Crippen molar-refractivity contribution in [3.63, 3.8) is 0 Å². The van der Waals surface area contributed by atoms with Crippen LogP contribution in [0.25, 0.3) is 0 Å². The number of hydrogen-bond acceptors (Lipinski definition) is 6. The standard InChI is InChI=1S/C22H25NO6/c1-5-27-19-11-10-17(13-20(19)28-6-2)22(26)29-15(4)21(25)23-18-9-7-8-16(12-18)14(3)24/h7-13,15H,5-6H2,1-4H3,(H,23,25). The molecule has 2 aromatic carbocycles. The minimum Gasteiger partial charge on any atom is -0.490 e. The number of benzene rings is 2. The lowest BCUT2D eigenvalue weighted by Crippen LogP contribution is -2.30. The molecule has 0 heterocycles. The van der Waals surface area contributed by atoms with E-state index in [9.17, 15) is 14.4 Å². The van der Waals surface area contributed by atoms with Crippen molar-refractivity contribution in [2.45, 2.75) is 33.8 Å². The van der Waals surface area contributed by atoms with Gasteiger partial charge in [-0.2, -0.15) is 0 Å². The largest absolute Gasteiger partial charge is 0.490 e. The van der Waals surface area contributed by atoms with E-state index in [-0.39, 0.29) is 11.3 Å². The molecular formula is C22H25NO6. The van der Waals surface area contributed by atoms with Crippen molar-refractivity contribution in [3.8, 4) is 11.5 Å². The molecule has 29 heavy (non-hydrogen) atoms. The van der Waals surface area contributed by atoms with E-state index in [0.29, 0.717) is 36.0 Å². The first-order valence-electron chi connectivity index (χ1n) is 9.38. The van der Waals surface area contributed by atoms with Gasteiger partial charge in [0.25, 0.3) is 5.91 Å². The minimum atomic E-state index is -1.04. The van der Waals surface area contributed by atoms with Crippen LogP contribution in [-0.2, 0) is 9.53 Å². The maximum atomic E-state index is 12.4. The summed E-state index contributed by atoms with van der Waals surface area (Å²) >= 11 is 0. The second-order valence-corrected chi connectivity index (χ2v) is 6.20. The molecule has 154 valence electrons. The molecule has 1 N–H and O–H groups in total. The first-order valence-corrected chi connectivity index (χ1v) is 9.38. The second kappa shape index (κ2) is 10.3. The number of amides is 1. The maximum absolute atomic E-state index is 12.4. The number of hydrogen-bond donors (Lipinski definition) is 1. The number of ketones is 1. The number of esters is 1. The van der Waals surface area contributed by atoms with Crippen LogP contribution in [0.4, 0.5) is 5.69 Å². The molecule has 0 radical (unpaired) electrons. The van der Waals surface area contributed by atoms with Crippen molar-refractivity contribution in [1.82, 2.24) is 0 Å². The van der Waals surface area contributed by atoms with Crippen molar-refractivity contribution in [2.24, 2.45) is 0 Å². The second-order valence-electron chi connectivity index (χ2n) is 6.20. The van der Waals surface area contributed by atoms with E-state index < -0.39 is 18.0 Å². The molecule has 0 aliphatic heterocycles. The van der Waals surface area contributed by atoms with Gasteiger partial charge < -0.3 is 19.5 Å². The van der Waals surface area contributed by atoms with Crippen LogP contribution < -0.4 is 14.8 Å². The van der Waals surface area contributed by atoms with Gasteiger partial charge in [0.05, 0.1) is 18.8 Å². The lowest BCUT2D eigenvalue weighted by Gasteiger charge is -2.15. The topological polar surface area (TPSA) is 90.9 Å². The molecule has 0 fully saturated rings. The minimum absolute atomic E-state index is 0.110. The van der Waals surface area contributed by atoms with Gasteiger partial charge in [0.1, 0.15) is 0 Å². The predicted octanol–water partition coefficient (Wildman–Crippen LogP) is 3.87. The van der Waals surface area contributed by atoms with Crippen molar-refractivity contribution in [3.05, 3.63) is 53.6 Å². The lowest BCUT2D eigenvalue weighted by atomic mass is 10.1. The summed E-state index contributed by atoms with van der Waals surface area (Å²) in [5.74, 6) is -0.311. The Morgan fingerprint density at radius 1 is 0.931 bits per heavy atom. The predicted molar refractivity (Wildman–Crippen MR) is 109 cm³/mol. The quantitative estimate of drug-likeness (QED) is 0.508. The molecule has 2 rings (SSSR count). The Labute approximate surface area is 170 Å². The number of Topliss-reactive ketones (excluding diaryl/α,β-unsaturated/α-hetero) is 1. The normalized spacial score (nSPS) is 11.3. The van der Waals surface area contributed by atoms with Crippen LogP contribution in [0, 0.1) is 0 Å². The van der Waals surface area contributed by atoms with Gasteiger partial charge >= 0.3 is 5.97 Å². The van der Waals surface area contributed by atoms with Crippen LogP contribution in [0.2, 0.25) is 0 Å². The zero-order chi connectivity index (χ0) is 21.4. The highest BCUT2D eigenvalue weighted by atomic mass is 16.5. The Morgan fingerprint density at radius 3 is 2.28 bits per heavy atom. The Morgan fingerprint density at radius 2 is 1.62 bits per heavy atom. The highest BCUT2D eigenvalue weighted by Crippen LogP contribution is 2.29. The highest BCUT2D eigenvalue weighted by molar-refractivity contribution is 5.99. The molecule has 0 aromatic heterocycles. The summed E-state index contributed by atoms with van der Waals surface area (Å²) < 4.78 is 16.2. The zero-order valence-electron chi connectivity index (χ0n) is 17.0. The Bertz CT molecular complexity index is 893. The summed E-state index contributed by atoms with van der Waals surface area (Å²) in [6, 6.07) is 11.2. The van der Waals surface area contributed by atoms with Gasteiger partial charge in [-0.25, -0.2) is 4.79 Å². The number of anilines is 1. The van der Waals surface area contributed by atoms with Gasteiger partial charge in [0.15, 0.2) is 23.4 Å². The first-order chi connectivity index (χ1) is 13.8. The maximum Gasteiger partial charge on any atom is 0.339 e. The molecule has 0 aliphatic carbocycles. The number of carbonyl (C=O) groups is 3. The van der Waals surface area contributed by atoms with E-state index in [1.54, 1.807) is 36.4 Å². The van der Waals surface area contributed by atoms with Crippen LogP contribution in [-0.4, -0.2) is 37.0 Å². The average Bonchev–Trinajstić information content (AvgIpc) is 2.69. The third kappa shape index (κ3) is 6.07. The Balaban J connectivity index is 2.05. The van der Waals surface area contributed by atoms with Crippen LogP contribution >= 0.6 is 0 Å². The number of ether oxygens (including phenoxy) is 3. The fourth-order valence-electron chi connectivity index (χ4n) is 2.52. The monoisotopic (exact) mass is 399 g/mol.